The summed E-state index contributed by atoms with van der Waals surface area (Å²) >= 11 is 2.22. The number of hydrogen-bond donors (Lipinski definition) is 0. The maximum absolute atomic E-state index is 3.02. The first kappa shape index (κ1) is 8.61. The van der Waals surface area contributed by atoms with Gasteiger partial charge in [0, 0.05) is 34.7 Å². The Bertz CT molecular complexity index is 140. The summed E-state index contributed by atoms with van der Waals surface area (Å²) in [6, 6.07) is 5.97. The minimum Gasteiger partial charge on any atom is -1.00 e. The summed E-state index contributed by atoms with van der Waals surface area (Å²) in [5, 5.41) is 0. The lowest BCUT2D eigenvalue weighted by Crippen LogP contribution is -3.00. The van der Waals surface area contributed by atoms with Gasteiger partial charge in [-0.3, -0.25) is 0 Å². The molecule has 3 heteroatoms. The Labute approximate surface area is 79.1 Å². The molecule has 0 atom stereocenters. The van der Waals surface area contributed by atoms with Crippen LogP contribution in [0.5, 0.6) is 0 Å². The number of aromatic amines is 1. The molecule has 0 spiro atoms. The molecule has 0 amide bonds. The van der Waals surface area contributed by atoms with Gasteiger partial charge in [0.1, 0.15) is 0 Å². The minimum atomic E-state index is 0. The van der Waals surface area contributed by atoms with Crippen molar-refractivity contribution in [2.45, 2.75) is 0 Å². The van der Waals surface area contributed by atoms with Crippen LogP contribution in [0.25, 0.3) is 0 Å². The highest BCUT2D eigenvalue weighted by atomic mass is 127. The molecule has 44 valence electrons. The van der Waals surface area contributed by atoms with Gasteiger partial charge in [0.05, 0.1) is 0 Å². The molecule has 0 aliphatic heterocycles. The lowest BCUT2D eigenvalue weighted by Gasteiger charge is -1.72. The average molecular weight is 333 g/mol. The molecule has 0 fully saturated rings. The Hall–Kier alpha value is 0.610. The van der Waals surface area contributed by atoms with Crippen LogP contribution < -0.4 is 29.0 Å². The second kappa shape index (κ2) is 4.49. The molecule has 1 aromatic heterocycles. The number of pyridine rings is 1. The predicted octanol–water partition coefficient (Wildman–Crippen LogP) is -1.89. The van der Waals surface area contributed by atoms with Crippen LogP contribution in [0.2, 0.25) is 0 Å². The zero-order valence-electron chi connectivity index (χ0n) is 4.07. The van der Waals surface area contributed by atoms with Gasteiger partial charge in [0.15, 0.2) is 6.20 Å². The average Bonchev–Trinajstić information content (AvgIpc) is 1.69. The first-order chi connectivity index (χ1) is 3.39. The van der Waals surface area contributed by atoms with Crippen LogP contribution in [-0.2, 0) is 0 Å². The number of halogens is 2. The smallest absolute Gasteiger partial charge is 0.239 e. The second-order valence-electron chi connectivity index (χ2n) is 1.21. The van der Waals surface area contributed by atoms with Gasteiger partial charge in [0.2, 0.25) is 3.70 Å². The van der Waals surface area contributed by atoms with E-state index in [0.29, 0.717) is 0 Å². The Morgan fingerprint density at radius 2 is 2.12 bits per heavy atom. The van der Waals surface area contributed by atoms with Crippen LogP contribution in [0.1, 0.15) is 0 Å². The molecule has 1 aromatic rings. The molecular formula is C5H5I2N. The van der Waals surface area contributed by atoms with Crippen molar-refractivity contribution in [3.8, 4) is 0 Å². The van der Waals surface area contributed by atoms with Crippen LogP contribution in [0, 0.1) is 3.70 Å². The van der Waals surface area contributed by atoms with E-state index in [1.165, 1.54) is 3.70 Å². The molecular weight excluding hydrogens is 328 g/mol. The van der Waals surface area contributed by atoms with Gasteiger partial charge in [-0.2, -0.15) is 0 Å². The van der Waals surface area contributed by atoms with E-state index in [4.69, 9.17) is 0 Å². The number of aromatic nitrogens is 1. The fraction of sp³-hybridized carbons (Fsp3) is 0. The summed E-state index contributed by atoms with van der Waals surface area (Å²) < 4.78 is 1.17. The SMILES string of the molecule is Ic1cccc[nH+]1.[I-]. The topological polar surface area (TPSA) is 14.1 Å². The van der Waals surface area contributed by atoms with E-state index < -0.39 is 0 Å². The molecule has 0 aliphatic rings. The number of nitrogens with one attached hydrogen (secondary N) is 1. The van der Waals surface area contributed by atoms with Crippen molar-refractivity contribution >= 4 is 22.6 Å². The molecule has 8 heavy (non-hydrogen) atoms. The quantitative estimate of drug-likeness (QED) is 0.390. The minimum absolute atomic E-state index is 0. The molecule has 1 rings (SSSR count). The predicted molar refractivity (Wildman–Crippen MR) is 35.7 cm³/mol. The number of hydrogen-bond acceptors (Lipinski definition) is 0. The van der Waals surface area contributed by atoms with Gasteiger partial charge >= 0.3 is 0 Å². The van der Waals surface area contributed by atoms with E-state index in [2.05, 4.69) is 27.6 Å². The fourth-order valence-corrected chi connectivity index (χ4v) is 0.759. The van der Waals surface area contributed by atoms with E-state index in [1.807, 2.05) is 24.4 Å². The van der Waals surface area contributed by atoms with Crippen molar-refractivity contribution in [3.05, 3.63) is 28.1 Å². The highest BCUT2D eigenvalue weighted by Gasteiger charge is 1.84. The van der Waals surface area contributed by atoms with Crippen molar-refractivity contribution in [3.63, 3.8) is 0 Å². The third-order valence-electron chi connectivity index (χ3n) is 0.671. The van der Waals surface area contributed by atoms with E-state index in [0.717, 1.165) is 0 Å². The third kappa shape index (κ3) is 2.81. The lowest BCUT2D eigenvalue weighted by atomic mass is 10.5. The van der Waals surface area contributed by atoms with Crippen molar-refractivity contribution in [1.82, 2.24) is 0 Å². The first-order valence-corrected chi connectivity index (χ1v) is 3.10. The van der Waals surface area contributed by atoms with Crippen LogP contribution in [0.3, 0.4) is 0 Å². The van der Waals surface area contributed by atoms with E-state index >= 15 is 0 Å². The van der Waals surface area contributed by atoms with Gasteiger partial charge < -0.3 is 24.0 Å². The molecule has 0 aromatic carbocycles. The highest BCUT2D eigenvalue weighted by Crippen LogP contribution is 1.90. The summed E-state index contributed by atoms with van der Waals surface area (Å²) in [5.74, 6) is 0. The molecule has 1 nitrogen and oxygen atoms in total. The Kier molecular flexibility index (Phi) is 4.83. The first-order valence-electron chi connectivity index (χ1n) is 2.02. The standard InChI is InChI=1S/C5H4IN.HI/c6-5-3-1-2-4-7-5;/h1-4H;1H. The van der Waals surface area contributed by atoms with E-state index in [9.17, 15) is 0 Å². The summed E-state index contributed by atoms with van der Waals surface area (Å²) in [4.78, 5) is 3.02. The van der Waals surface area contributed by atoms with Crippen molar-refractivity contribution in [2.24, 2.45) is 0 Å². The highest BCUT2D eigenvalue weighted by molar-refractivity contribution is 14.1. The van der Waals surface area contributed by atoms with Crippen molar-refractivity contribution in [1.29, 1.82) is 0 Å². The Balaban J connectivity index is 0.000000490. The lowest BCUT2D eigenvalue weighted by molar-refractivity contribution is -0.394. The Morgan fingerprint density at radius 1 is 1.38 bits per heavy atom. The maximum atomic E-state index is 3.02. The Morgan fingerprint density at radius 3 is 2.38 bits per heavy atom. The van der Waals surface area contributed by atoms with Gasteiger partial charge in [-0.15, -0.1) is 0 Å². The summed E-state index contributed by atoms with van der Waals surface area (Å²) in [7, 11) is 0. The van der Waals surface area contributed by atoms with E-state index in [1.54, 1.807) is 0 Å². The monoisotopic (exact) mass is 333 g/mol. The van der Waals surface area contributed by atoms with Crippen molar-refractivity contribution < 1.29 is 29.0 Å². The van der Waals surface area contributed by atoms with Gasteiger partial charge in [-0.1, -0.05) is 0 Å². The normalized spacial score (nSPS) is 7.62. The largest absolute Gasteiger partial charge is 1.00 e. The molecule has 0 bridgehead atoms. The van der Waals surface area contributed by atoms with Crippen LogP contribution in [-0.4, -0.2) is 0 Å². The third-order valence-corrected chi connectivity index (χ3v) is 1.34. The van der Waals surface area contributed by atoms with Gasteiger partial charge in [0.25, 0.3) is 0 Å². The number of H-pyrrole nitrogens is 1. The van der Waals surface area contributed by atoms with Crippen LogP contribution >= 0.6 is 22.6 Å². The zero-order valence-corrected chi connectivity index (χ0v) is 8.38. The molecule has 0 saturated carbocycles. The maximum Gasteiger partial charge on any atom is 0.239 e. The van der Waals surface area contributed by atoms with Gasteiger partial charge in [-0.05, 0) is 6.07 Å². The molecule has 1 N–H and O–H groups in total. The van der Waals surface area contributed by atoms with Gasteiger partial charge in [-0.25, -0.2) is 4.98 Å². The second-order valence-corrected chi connectivity index (χ2v) is 2.37. The van der Waals surface area contributed by atoms with E-state index in [-0.39, 0.29) is 24.0 Å². The molecule has 0 aliphatic carbocycles. The molecule has 0 unspecified atom stereocenters. The van der Waals surface area contributed by atoms with Crippen LogP contribution in [0.4, 0.5) is 0 Å². The van der Waals surface area contributed by atoms with Crippen molar-refractivity contribution in [2.75, 3.05) is 0 Å². The summed E-state index contributed by atoms with van der Waals surface area (Å²) in [6.45, 7) is 0. The molecule has 0 saturated heterocycles. The summed E-state index contributed by atoms with van der Waals surface area (Å²) in [6.07, 6.45) is 1.90. The molecule has 1 heterocycles. The van der Waals surface area contributed by atoms with Crippen LogP contribution in [0.15, 0.2) is 24.4 Å². The zero-order chi connectivity index (χ0) is 5.11. The summed E-state index contributed by atoms with van der Waals surface area (Å²) in [5.41, 5.74) is 0. The number of rotatable bonds is 0. The molecule has 0 radical (unpaired) electrons. The fourth-order valence-electron chi connectivity index (χ4n) is 0.371.